The molecule has 1 aliphatic heterocycles. The summed E-state index contributed by atoms with van der Waals surface area (Å²) >= 11 is 0. The molecular formula is C24H21N3O4. The number of aliphatic imine (C=N–C) groups is 1. The number of rotatable bonds is 3. The normalized spacial score (nSPS) is 18.8. The third-order valence-corrected chi connectivity index (χ3v) is 6.13. The molecule has 0 fully saturated rings. The van der Waals surface area contributed by atoms with E-state index in [0.717, 1.165) is 15.7 Å². The van der Waals surface area contributed by atoms with Crippen molar-refractivity contribution in [2.24, 2.45) is 25.0 Å². The highest BCUT2D eigenvalue weighted by atomic mass is 16.5. The fourth-order valence-corrected chi connectivity index (χ4v) is 4.66. The Balaban J connectivity index is 1.82. The predicted molar refractivity (Wildman–Crippen MR) is 117 cm³/mol. The molecule has 0 bridgehead atoms. The quantitative estimate of drug-likeness (QED) is 0.658. The summed E-state index contributed by atoms with van der Waals surface area (Å²) in [5, 5.41) is 0. The predicted octanol–water partition coefficient (Wildman–Crippen LogP) is 2.56. The van der Waals surface area contributed by atoms with Crippen LogP contribution in [0.1, 0.15) is 39.9 Å². The summed E-state index contributed by atoms with van der Waals surface area (Å²) in [6.07, 6.45) is 0. The molecule has 2 atom stereocenters. The summed E-state index contributed by atoms with van der Waals surface area (Å²) in [7, 11) is 3.05. The minimum Gasteiger partial charge on any atom is -0.494 e. The second-order valence-electron chi connectivity index (χ2n) is 7.81. The van der Waals surface area contributed by atoms with Gasteiger partial charge in [-0.15, -0.1) is 0 Å². The summed E-state index contributed by atoms with van der Waals surface area (Å²) < 4.78 is 8.01. The molecule has 1 aliphatic carbocycles. The largest absolute Gasteiger partial charge is 0.494 e. The van der Waals surface area contributed by atoms with E-state index >= 15 is 0 Å². The highest BCUT2D eigenvalue weighted by Gasteiger charge is 2.47. The molecule has 2 aromatic carbocycles. The Hall–Kier alpha value is -3.74. The van der Waals surface area contributed by atoms with Gasteiger partial charge in [0.2, 0.25) is 0 Å². The van der Waals surface area contributed by atoms with E-state index in [9.17, 15) is 14.4 Å². The van der Waals surface area contributed by atoms with Gasteiger partial charge in [0.05, 0.1) is 23.8 Å². The van der Waals surface area contributed by atoms with Crippen molar-refractivity contribution in [3.63, 3.8) is 0 Å². The van der Waals surface area contributed by atoms with Crippen LogP contribution in [-0.2, 0) is 14.1 Å². The van der Waals surface area contributed by atoms with Crippen molar-refractivity contribution < 1.29 is 9.53 Å². The standard InChI is InChI=1S/C24H21N3O4/c1-4-31-14-11-9-13(10-12-14)17-18-20(15-7-5-6-8-16(15)21(18)28)25-22-19(17)23(29)27(3)24(30)26(22)2/h5-12,17-18H,4H2,1-3H3. The van der Waals surface area contributed by atoms with Gasteiger partial charge < -0.3 is 4.74 Å². The topological polar surface area (TPSA) is 82.7 Å². The van der Waals surface area contributed by atoms with Crippen LogP contribution in [0.25, 0.3) is 0 Å². The minimum absolute atomic E-state index is 0.0604. The molecule has 7 nitrogen and oxygen atoms in total. The first kappa shape index (κ1) is 19.2. The van der Waals surface area contributed by atoms with Gasteiger partial charge in [-0.3, -0.25) is 18.7 Å². The van der Waals surface area contributed by atoms with Gasteiger partial charge in [-0.1, -0.05) is 36.4 Å². The number of benzene rings is 2. The van der Waals surface area contributed by atoms with Crippen LogP contribution in [0.4, 0.5) is 5.82 Å². The second kappa shape index (κ2) is 6.91. The van der Waals surface area contributed by atoms with Gasteiger partial charge in [-0.05, 0) is 24.6 Å². The van der Waals surface area contributed by atoms with E-state index in [0.29, 0.717) is 35.0 Å². The summed E-state index contributed by atoms with van der Waals surface area (Å²) in [5.41, 5.74) is 2.25. The Morgan fingerprint density at radius 2 is 1.58 bits per heavy atom. The zero-order valence-electron chi connectivity index (χ0n) is 17.5. The number of nitrogens with zero attached hydrogens (tertiary/aromatic N) is 3. The van der Waals surface area contributed by atoms with Crippen LogP contribution >= 0.6 is 0 Å². The maximum absolute atomic E-state index is 13.5. The molecule has 5 rings (SSSR count). The zero-order valence-corrected chi connectivity index (χ0v) is 17.5. The summed E-state index contributed by atoms with van der Waals surface area (Å²) in [5.74, 6) is -0.209. The van der Waals surface area contributed by atoms with Crippen LogP contribution in [-0.4, -0.2) is 27.2 Å². The number of carbonyl (C=O) groups is 1. The zero-order chi connectivity index (χ0) is 21.9. The van der Waals surface area contributed by atoms with Crippen LogP contribution in [0.3, 0.4) is 0 Å². The molecular weight excluding hydrogens is 394 g/mol. The van der Waals surface area contributed by atoms with E-state index in [4.69, 9.17) is 9.73 Å². The maximum atomic E-state index is 13.5. The number of carbonyl (C=O) groups excluding carboxylic acids is 1. The molecule has 156 valence electrons. The smallest absolute Gasteiger partial charge is 0.332 e. The highest BCUT2D eigenvalue weighted by molar-refractivity contribution is 6.30. The monoisotopic (exact) mass is 415 g/mol. The third kappa shape index (κ3) is 2.66. The summed E-state index contributed by atoms with van der Waals surface area (Å²) in [4.78, 5) is 44.0. The van der Waals surface area contributed by atoms with Crippen LogP contribution < -0.4 is 16.0 Å². The fraction of sp³-hybridized carbons (Fsp3) is 0.250. The van der Waals surface area contributed by atoms with Crippen LogP contribution in [0.15, 0.2) is 63.1 Å². The van der Waals surface area contributed by atoms with Gasteiger partial charge in [0.15, 0.2) is 5.78 Å². The molecule has 7 heteroatoms. The first-order chi connectivity index (χ1) is 14.9. The number of ether oxygens (including phenoxy) is 1. The Morgan fingerprint density at radius 3 is 2.26 bits per heavy atom. The Morgan fingerprint density at radius 1 is 0.903 bits per heavy atom. The van der Waals surface area contributed by atoms with E-state index < -0.39 is 23.1 Å². The molecule has 31 heavy (non-hydrogen) atoms. The van der Waals surface area contributed by atoms with Gasteiger partial charge in [0.25, 0.3) is 5.56 Å². The molecule has 2 aliphatic rings. The van der Waals surface area contributed by atoms with Gasteiger partial charge >= 0.3 is 5.69 Å². The molecule has 3 aromatic rings. The number of ketones is 1. The van der Waals surface area contributed by atoms with Gasteiger partial charge in [0, 0.05) is 31.1 Å². The molecule has 0 amide bonds. The van der Waals surface area contributed by atoms with Crippen molar-refractivity contribution in [1.82, 2.24) is 9.13 Å². The lowest BCUT2D eigenvalue weighted by molar-refractivity contribution is 0.0953. The Bertz CT molecular complexity index is 1380. The summed E-state index contributed by atoms with van der Waals surface area (Å²) in [6, 6.07) is 14.8. The van der Waals surface area contributed by atoms with Gasteiger partial charge in [-0.2, -0.15) is 0 Å². The van der Waals surface area contributed by atoms with E-state index in [2.05, 4.69) is 0 Å². The Kier molecular flexibility index (Phi) is 4.28. The number of hydrogen-bond donors (Lipinski definition) is 0. The molecule has 0 saturated heterocycles. The number of fused-ring (bicyclic) bond motifs is 4. The Labute approximate surface area is 178 Å². The van der Waals surface area contributed by atoms with Crippen LogP contribution in [0, 0.1) is 5.92 Å². The molecule has 0 radical (unpaired) electrons. The van der Waals surface area contributed by atoms with E-state index in [1.807, 2.05) is 49.4 Å². The average molecular weight is 415 g/mol. The fourth-order valence-electron chi connectivity index (χ4n) is 4.66. The minimum atomic E-state index is -0.618. The van der Waals surface area contributed by atoms with Gasteiger partial charge in [0.1, 0.15) is 11.6 Å². The number of aromatic nitrogens is 2. The lowest BCUT2D eigenvalue weighted by Gasteiger charge is -2.30. The first-order valence-electron chi connectivity index (χ1n) is 10.2. The molecule has 0 spiro atoms. The second-order valence-corrected chi connectivity index (χ2v) is 7.81. The average Bonchev–Trinajstić information content (AvgIpc) is 3.08. The van der Waals surface area contributed by atoms with E-state index in [1.54, 1.807) is 13.1 Å². The van der Waals surface area contributed by atoms with Crippen molar-refractivity contribution in [3.8, 4) is 5.75 Å². The van der Waals surface area contributed by atoms with Crippen LogP contribution in [0.2, 0.25) is 0 Å². The van der Waals surface area contributed by atoms with E-state index in [-0.39, 0.29) is 5.78 Å². The first-order valence-corrected chi connectivity index (χ1v) is 10.2. The van der Waals surface area contributed by atoms with E-state index in [1.165, 1.54) is 11.6 Å². The summed E-state index contributed by atoms with van der Waals surface area (Å²) in [6.45, 7) is 2.45. The lowest BCUT2D eigenvalue weighted by atomic mass is 9.76. The number of hydrogen-bond acceptors (Lipinski definition) is 5. The van der Waals surface area contributed by atoms with Crippen molar-refractivity contribution >= 4 is 17.3 Å². The number of Topliss-reactive ketones (excluding diaryl/α,β-unsaturated/α-hetero) is 1. The SMILES string of the molecule is CCOc1ccc(C2c3c(n(C)c(=O)n(C)c3=O)N=C3c4ccccc4C(=O)C32)cc1. The lowest BCUT2D eigenvalue weighted by Crippen LogP contribution is -2.43. The highest BCUT2D eigenvalue weighted by Crippen LogP contribution is 2.46. The van der Waals surface area contributed by atoms with Gasteiger partial charge in [-0.25, -0.2) is 9.79 Å². The van der Waals surface area contributed by atoms with Crippen molar-refractivity contribution in [2.45, 2.75) is 12.8 Å². The molecule has 1 aromatic heterocycles. The third-order valence-electron chi connectivity index (χ3n) is 6.13. The van der Waals surface area contributed by atoms with Crippen molar-refractivity contribution in [3.05, 3.63) is 91.6 Å². The maximum Gasteiger partial charge on any atom is 0.332 e. The molecule has 2 unspecified atom stereocenters. The molecule has 2 heterocycles. The molecule has 0 N–H and O–H groups in total. The molecule has 0 saturated carbocycles. The van der Waals surface area contributed by atoms with Crippen LogP contribution in [0.5, 0.6) is 5.75 Å². The van der Waals surface area contributed by atoms with Crippen molar-refractivity contribution in [2.75, 3.05) is 6.61 Å². The van der Waals surface area contributed by atoms with Crippen molar-refractivity contribution in [1.29, 1.82) is 0 Å².